The molecule has 0 aromatic carbocycles. The van der Waals surface area contributed by atoms with Gasteiger partial charge in [0.2, 0.25) is 0 Å². The fraction of sp³-hybridized carbons (Fsp3) is 0.762. The van der Waals surface area contributed by atoms with Crippen molar-refractivity contribution in [2.45, 2.75) is 90.1 Å². The summed E-state index contributed by atoms with van der Waals surface area (Å²) in [5.41, 5.74) is 0. The van der Waals surface area contributed by atoms with E-state index in [4.69, 9.17) is 9.47 Å². The predicted molar refractivity (Wildman–Crippen MR) is 100 cm³/mol. The molecule has 0 amide bonds. The van der Waals surface area contributed by atoms with Gasteiger partial charge >= 0.3 is 5.97 Å². The molecule has 3 heteroatoms. The molecule has 0 aliphatic carbocycles. The van der Waals surface area contributed by atoms with E-state index in [1.165, 1.54) is 51.4 Å². The fourth-order valence-corrected chi connectivity index (χ4v) is 2.50. The highest BCUT2D eigenvalue weighted by molar-refractivity contribution is 5.69. The van der Waals surface area contributed by atoms with Crippen LogP contribution in [0.15, 0.2) is 24.3 Å². The van der Waals surface area contributed by atoms with Crippen LogP contribution >= 0.6 is 0 Å². The highest BCUT2D eigenvalue weighted by Crippen LogP contribution is 2.11. The summed E-state index contributed by atoms with van der Waals surface area (Å²) >= 11 is 0. The number of allylic oxidation sites excluding steroid dienone is 4. The van der Waals surface area contributed by atoms with Gasteiger partial charge in [-0.05, 0) is 38.5 Å². The molecule has 0 aromatic heterocycles. The van der Waals surface area contributed by atoms with Crippen molar-refractivity contribution in [2.75, 3.05) is 13.2 Å². The second kappa shape index (κ2) is 15.4. The Kier molecular flexibility index (Phi) is 13.5. The number of esters is 1. The van der Waals surface area contributed by atoms with Crippen LogP contribution in [0.1, 0.15) is 84.0 Å². The van der Waals surface area contributed by atoms with Gasteiger partial charge < -0.3 is 9.47 Å². The second-order valence-corrected chi connectivity index (χ2v) is 6.62. The second-order valence-electron chi connectivity index (χ2n) is 6.62. The minimum Gasteiger partial charge on any atom is -0.463 e. The zero-order valence-corrected chi connectivity index (χ0v) is 15.5. The lowest BCUT2D eigenvalue weighted by Crippen LogP contribution is -2.09. The van der Waals surface area contributed by atoms with Crippen molar-refractivity contribution in [3.63, 3.8) is 0 Å². The fourth-order valence-electron chi connectivity index (χ4n) is 2.50. The summed E-state index contributed by atoms with van der Waals surface area (Å²) in [4.78, 5) is 11.4. The maximum atomic E-state index is 11.4. The van der Waals surface area contributed by atoms with Crippen LogP contribution in [0.4, 0.5) is 0 Å². The molecule has 1 unspecified atom stereocenters. The number of rotatable bonds is 16. The summed E-state index contributed by atoms with van der Waals surface area (Å²) < 4.78 is 10.1. The van der Waals surface area contributed by atoms with Crippen molar-refractivity contribution >= 4 is 5.97 Å². The molecule has 0 spiro atoms. The SMILES string of the molecule is CCCCC/C=C/C/C=C/CCCCCCCC(=O)OCC1CO1. The third-order valence-corrected chi connectivity index (χ3v) is 4.16. The molecule has 24 heavy (non-hydrogen) atoms. The molecule has 1 atom stereocenters. The van der Waals surface area contributed by atoms with Crippen molar-refractivity contribution in [1.82, 2.24) is 0 Å². The van der Waals surface area contributed by atoms with Gasteiger partial charge in [-0.15, -0.1) is 0 Å². The molecule has 1 aliphatic heterocycles. The minimum atomic E-state index is -0.0730. The Morgan fingerprint density at radius 3 is 2.25 bits per heavy atom. The molecule has 3 nitrogen and oxygen atoms in total. The standard InChI is InChI=1S/C21H36O3/c1-2-3-4-5-6-7-8-9-10-11-12-13-14-15-16-17-21(22)24-19-20-18-23-20/h6-7,9-10,20H,2-5,8,11-19H2,1H3/b7-6+,10-9+. The molecule has 1 aliphatic rings. The Bertz CT molecular complexity index is 356. The zero-order valence-electron chi connectivity index (χ0n) is 15.5. The summed E-state index contributed by atoms with van der Waals surface area (Å²) in [6.45, 7) is 3.43. The molecule has 0 saturated carbocycles. The Balaban J connectivity index is 1.76. The highest BCUT2D eigenvalue weighted by atomic mass is 16.6. The largest absolute Gasteiger partial charge is 0.463 e. The lowest BCUT2D eigenvalue weighted by Gasteiger charge is -2.02. The Hall–Kier alpha value is -1.09. The normalized spacial score (nSPS) is 17.0. The van der Waals surface area contributed by atoms with Crippen molar-refractivity contribution in [1.29, 1.82) is 0 Å². The van der Waals surface area contributed by atoms with Gasteiger partial charge in [-0.2, -0.15) is 0 Å². The average Bonchev–Trinajstić information content (AvgIpc) is 3.41. The van der Waals surface area contributed by atoms with Gasteiger partial charge in [0.1, 0.15) is 12.7 Å². The van der Waals surface area contributed by atoms with E-state index in [1.54, 1.807) is 0 Å². The van der Waals surface area contributed by atoms with Crippen molar-refractivity contribution in [2.24, 2.45) is 0 Å². The molecular formula is C21H36O3. The van der Waals surface area contributed by atoms with Gasteiger partial charge in [-0.3, -0.25) is 4.79 Å². The van der Waals surface area contributed by atoms with E-state index in [0.29, 0.717) is 13.0 Å². The van der Waals surface area contributed by atoms with Gasteiger partial charge in [-0.1, -0.05) is 63.3 Å². The molecule has 0 aromatic rings. The molecule has 1 heterocycles. The Morgan fingerprint density at radius 2 is 1.58 bits per heavy atom. The maximum absolute atomic E-state index is 11.4. The van der Waals surface area contributed by atoms with Crippen molar-refractivity contribution in [3.05, 3.63) is 24.3 Å². The average molecular weight is 337 g/mol. The van der Waals surface area contributed by atoms with Crippen LogP contribution < -0.4 is 0 Å². The number of hydrogen-bond acceptors (Lipinski definition) is 3. The summed E-state index contributed by atoms with van der Waals surface area (Å²) in [5.74, 6) is -0.0730. The van der Waals surface area contributed by atoms with Crippen LogP contribution in [0.5, 0.6) is 0 Å². The van der Waals surface area contributed by atoms with E-state index in [1.807, 2.05) is 0 Å². The van der Waals surface area contributed by atoms with E-state index < -0.39 is 0 Å². The summed E-state index contributed by atoms with van der Waals surface area (Å²) in [6, 6.07) is 0. The maximum Gasteiger partial charge on any atom is 0.305 e. The van der Waals surface area contributed by atoms with Crippen LogP contribution in [0.2, 0.25) is 0 Å². The molecule has 0 bridgehead atoms. The lowest BCUT2D eigenvalue weighted by molar-refractivity contribution is -0.144. The van der Waals surface area contributed by atoms with E-state index in [2.05, 4.69) is 31.2 Å². The number of carbonyl (C=O) groups excluding carboxylic acids is 1. The van der Waals surface area contributed by atoms with Crippen LogP contribution in [-0.4, -0.2) is 25.3 Å². The third kappa shape index (κ3) is 14.5. The molecule has 1 saturated heterocycles. The summed E-state index contributed by atoms with van der Waals surface area (Å²) in [5, 5.41) is 0. The molecule has 1 fully saturated rings. The Labute approximate surface area is 148 Å². The lowest BCUT2D eigenvalue weighted by atomic mass is 10.1. The molecular weight excluding hydrogens is 300 g/mol. The van der Waals surface area contributed by atoms with Crippen molar-refractivity contribution < 1.29 is 14.3 Å². The van der Waals surface area contributed by atoms with Crippen LogP contribution in [-0.2, 0) is 14.3 Å². The van der Waals surface area contributed by atoms with Gasteiger partial charge in [0, 0.05) is 6.42 Å². The number of hydrogen-bond donors (Lipinski definition) is 0. The molecule has 1 rings (SSSR count). The number of unbranched alkanes of at least 4 members (excludes halogenated alkanes) is 8. The van der Waals surface area contributed by atoms with Gasteiger partial charge in [0.15, 0.2) is 0 Å². The van der Waals surface area contributed by atoms with Gasteiger partial charge in [0.05, 0.1) is 6.61 Å². The van der Waals surface area contributed by atoms with Crippen LogP contribution in [0.25, 0.3) is 0 Å². The monoisotopic (exact) mass is 336 g/mol. The van der Waals surface area contributed by atoms with Crippen LogP contribution in [0, 0.1) is 0 Å². The van der Waals surface area contributed by atoms with E-state index in [9.17, 15) is 4.79 Å². The molecule has 0 radical (unpaired) electrons. The summed E-state index contributed by atoms with van der Waals surface area (Å²) in [6.07, 6.45) is 23.1. The quantitative estimate of drug-likeness (QED) is 0.156. The van der Waals surface area contributed by atoms with E-state index in [0.717, 1.165) is 25.9 Å². The van der Waals surface area contributed by atoms with Crippen LogP contribution in [0.3, 0.4) is 0 Å². The zero-order chi connectivity index (χ0) is 17.3. The first-order valence-corrected chi connectivity index (χ1v) is 9.90. The number of ether oxygens (including phenoxy) is 2. The first-order valence-electron chi connectivity index (χ1n) is 9.90. The first kappa shape index (κ1) is 21.0. The third-order valence-electron chi connectivity index (χ3n) is 4.16. The van der Waals surface area contributed by atoms with E-state index in [-0.39, 0.29) is 12.1 Å². The Morgan fingerprint density at radius 1 is 0.958 bits per heavy atom. The molecule has 138 valence electrons. The number of epoxide rings is 1. The minimum absolute atomic E-state index is 0.0730. The van der Waals surface area contributed by atoms with E-state index >= 15 is 0 Å². The first-order chi connectivity index (χ1) is 11.8. The summed E-state index contributed by atoms with van der Waals surface area (Å²) in [7, 11) is 0. The van der Waals surface area contributed by atoms with Crippen molar-refractivity contribution in [3.8, 4) is 0 Å². The van der Waals surface area contributed by atoms with Gasteiger partial charge in [0.25, 0.3) is 0 Å². The highest BCUT2D eigenvalue weighted by Gasteiger charge is 2.23. The molecule has 0 N–H and O–H groups in total. The van der Waals surface area contributed by atoms with Gasteiger partial charge in [-0.25, -0.2) is 0 Å². The predicted octanol–water partition coefficient (Wildman–Crippen LogP) is 5.74. The topological polar surface area (TPSA) is 38.8 Å². The smallest absolute Gasteiger partial charge is 0.305 e. The number of carbonyl (C=O) groups is 1.